The van der Waals surface area contributed by atoms with E-state index in [9.17, 15) is 17.6 Å². The molecule has 1 heterocycles. The van der Waals surface area contributed by atoms with Crippen LogP contribution in [0.15, 0.2) is 42.5 Å². The SMILES string of the molecule is Cc1ccc2c(NC3c4ccc(F)c(C)c4C(C(C)C)CC34C(F)C4(F)F)cccc2n1. The van der Waals surface area contributed by atoms with Crippen LogP contribution < -0.4 is 5.32 Å². The zero-order chi connectivity index (χ0) is 23.0. The van der Waals surface area contributed by atoms with E-state index in [4.69, 9.17) is 0 Å². The van der Waals surface area contributed by atoms with Crippen molar-refractivity contribution >= 4 is 16.6 Å². The molecular formula is C26H26F4N2. The number of aromatic nitrogens is 1. The zero-order valence-corrected chi connectivity index (χ0v) is 18.5. The molecule has 4 unspecified atom stereocenters. The quantitative estimate of drug-likeness (QED) is 0.432. The van der Waals surface area contributed by atoms with Crippen LogP contribution in [0.1, 0.15) is 54.6 Å². The van der Waals surface area contributed by atoms with Gasteiger partial charge in [-0.05, 0) is 79.1 Å². The van der Waals surface area contributed by atoms with Gasteiger partial charge >= 0.3 is 0 Å². The van der Waals surface area contributed by atoms with Crippen molar-refractivity contribution in [1.82, 2.24) is 4.98 Å². The molecule has 2 aliphatic rings. The van der Waals surface area contributed by atoms with E-state index in [0.717, 1.165) is 22.2 Å². The number of hydrogen-bond donors (Lipinski definition) is 1. The van der Waals surface area contributed by atoms with E-state index < -0.39 is 23.6 Å². The van der Waals surface area contributed by atoms with Crippen molar-refractivity contribution in [3.8, 4) is 0 Å². The number of pyridine rings is 1. The van der Waals surface area contributed by atoms with Gasteiger partial charge in [0.05, 0.1) is 17.0 Å². The summed E-state index contributed by atoms with van der Waals surface area (Å²) in [7, 11) is 0. The van der Waals surface area contributed by atoms with Crippen molar-refractivity contribution < 1.29 is 17.6 Å². The Bertz CT molecular complexity index is 1220. The third-order valence-corrected chi connectivity index (χ3v) is 7.52. The lowest BCUT2D eigenvalue weighted by Gasteiger charge is -2.41. The molecule has 1 aromatic heterocycles. The molecule has 0 bridgehead atoms. The number of aryl methyl sites for hydroxylation is 1. The summed E-state index contributed by atoms with van der Waals surface area (Å²) in [5, 5.41) is 4.04. The molecular weight excluding hydrogens is 416 g/mol. The molecule has 32 heavy (non-hydrogen) atoms. The second-order valence-corrected chi connectivity index (χ2v) is 9.66. The number of fused-ring (bicyclic) bond motifs is 2. The van der Waals surface area contributed by atoms with E-state index in [0.29, 0.717) is 16.8 Å². The largest absolute Gasteiger partial charge is 0.377 e. The molecule has 4 atom stereocenters. The normalized spacial score (nSPS) is 28.2. The first kappa shape index (κ1) is 21.2. The van der Waals surface area contributed by atoms with Gasteiger partial charge in [0.25, 0.3) is 5.92 Å². The molecule has 0 amide bonds. The number of anilines is 1. The van der Waals surface area contributed by atoms with Crippen molar-refractivity contribution in [2.24, 2.45) is 11.3 Å². The Morgan fingerprint density at radius 3 is 2.44 bits per heavy atom. The van der Waals surface area contributed by atoms with Crippen molar-refractivity contribution in [1.29, 1.82) is 0 Å². The summed E-state index contributed by atoms with van der Waals surface area (Å²) in [5.74, 6) is -4.19. The lowest BCUT2D eigenvalue weighted by molar-refractivity contribution is 0.0367. The maximum absolute atomic E-state index is 15.0. The number of nitrogens with one attached hydrogen (secondary N) is 1. The van der Waals surface area contributed by atoms with E-state index in [2.05, 4.69) is 10.3 Å². The Kier molecular flexibility index (Phi) is 4.60. The molecule has 1 N–H and O–H groups in total. The molecule has 0 aliphatic heterocycles. The Hall–Kier alpha value is -2.63. The minimum Gasteiger partial charge on any atom is -0.377 e. The fraction of sp³-hybridized carbons (Fsp3) is 0.423. The van der Waals surface area contributed by atoms with Crippen molar-refractivity contribution in [3.05, 3.63) is 70.7 Å². The van der Waals surface area contributed by atoms with Crippen LogP contribution in [0.2, 0.25) is 0 Å². The maximum Gasteiger partial charge on any atom is 0.290 e. The van der Waals surface area contributed by atoms with Crippen molar-refractivity contribution in [3.63, 3.8) is 0 Å². The van der Waals surface area contributed by atoms with Gasteiger partial charge in [0.2, 0.25) is 0 Å². The highest BCUT2D eigenvalue weighted by atomic mass is 19.3. The second-order valence-electron chi connectivity index (χ2n) is 9.66. The molecule has 0 radical (unpaired) electrons. The summed E-state index contributed by atoms with van der Waals surface area (Å²) in [6.45, 7) is 7.41. The van der Waals surface area contributed by atoms with Gasteiger partial charge in [0, 0.05) is 16.8 Å². The molecule has 2 aliphatic carbocycles. The molecule has 1 saturated carbocycles. The fourth-order valence-electron chi connectivity index (χ4n) is 5.65. The average Bonchev–Trinajstić information content (AvgIpc) is 3.17. The van der Waals surface area contributed by atoms with Gasteiger partial charge in [-0.15, -0.1) is 0 Å². The Balaban J connectivity index is 1.71. The van der Waals surface area contributed by atoms with E-state index >= 15 is 0 Å². The molecule has 1 fully saturated rings. The van der Waals surface area contributed by atoms with Gasteiger partial charge < -0.3 is 5.32 Å². The smallest absolute Gasteiger partial charge is 0.290 e. The highest BCUT2D eigenvalue weighted by Crippen LogP contribution is 2.75. The first-order valence-electron chi connectivity index (χ1n) is 11.0. The Morgan fingerprint density at radius 2 is 1.78 bits per heavy atom. The van der Waals surface area contributed by atoms with Gasteiger partial charge in [-0.2, -0.15) is 0 Å². The summed E-state index contributed by atoms with van der Waals surface area (Å²) < 4.78 is 59.5. The molecule has 3 aromatic rings. The predicted octanol–water partition coefficient (Wildman–Crippen LogP) is 7.26. The van der Waals surface area contributed by atoms with Crippen LogP contribution in [-0.4, -0.2) is 17.1 Å². The van der Waals surface area contributed by atoms with Gasteiger partial charge in [-0.25, -0.2) is 17.6 Å². The first-order chi connectivity index (χ1) is 15.1. The minimum atomic E-state index is -3.45. The topological polar surface area (TPSA) is 24.9 Å². The van der Waals surface area contributed by atoms with Crippen molar-refractivity contribution in [2.45, 2.75) is 58.2 Å². The number of halogens is 4. The third-order valence-electron chi connectivity index (χ3n) is 7.52. The van der Waals surface area contributed by atoms with E-state index in [1.807, 2.05) is 39.0 Å². The number of hydrogen-bond acceptors (Lipinski definition) is 2. The second kappa shape index (κ2) is 6.93. The van der Waals surface area contributed by atoms with Crippen LogP contribution in [0, 0.1) is 31.0 Å². The Labute approximate surface area is 185 Å². The van der Waals surface area contributed by atoms with E-state index in [1.165, 1.54) is 6.07 Å². The highest BCUT2D eigenvalue weighted by Gasteiger charge is 2.86. The van der Waals surface area contributed by atoms with Crippen LogP contribution in [0.4, 0.5) is 23.2 Å². The predicted molar refractivity (Wildman–Crippen MR) is 118 cm³/mol. The standard InChI is InChI=1S/C26H26F4N2/c1-13(2)18-12-25(24(28)26(25,29)30)23(17-10-11-19(27)15(4)22(17)18)32-21-7-5-6-20-16(21)9-8-14(3)31-20/h5-11,13,18,23-24,32H,12H2,1-4H3. The third kappa shape index (κ3) is 2.74. The summed E-state index contributed by atoms with van der Waals surface area (Å²) >= 11 is 0. The lowest BCUT2D eigenvalue weighted by atomic mass is 9.66. The number of rotatable bonds is 3. The number of alkyl halides is 3. The fourth-order valence-corrected chi connectivity index (χ4v) is 5.65. The lowest BCUT2D eigenvalue weighted by Crippen LogP contribution is -2.37. The van der Waals surface area contributed by atoms with Crippen LogP contribution in [0.3, 0.4) is 0 Å². The number of benzene rings is 2. The summed E-state index contributed by atoms with van der Waals surface area (Å²) in [4.78, 5) is 4.52. The van der Waals surface area contributed by atoms with Crippen LogP contribution in [0.25, 0.3) is 10.9 Å². The Morgan fingerprint density at radius 1 is 1.06 bits per heavy atom. The molecule has 2 aromatic carbocycles. The first-order valence-corrected chi connectivity index (χ1v) is 11.0. The van der Waals surface area contributed by atoms with Gasteiger partial charge in [0.1, 0.15) is 5.82 Å². The van der Waals surface area contributed by atoms with Gasteiger partial charge in [-0.3, -0.25) is 4.98 Å². The van der Waals surface area contributed by atoms with E-state index in [1.54, 1.807) is 25.1 Å². The summed E-state index contributed by atoms with van der Waals surface area (Å²) in [6.07, 6.45) is -2.28. The van der Waals surface area contributed by atoms with Crippen molar-refractivity contribution in [2.75, 3.05) is 5.32 Å². The average molecular weight is 443 g/mol. The molecule has 5 rings (SSSR count). The summed E-state index contributed by atoms with van der Waals surface area (Å²) in [6, 6.07) is 11.1. The van der Waals surface area contributed by atoms with E-state index in [-0.39, 0.29) is 24.1 Å². The highest BCUT2D eigenvalue weighted by molar-refractivity contribution is 5.91. The number of nitrogens with zero attached hydrogens (tertiary/aromatic N) is 1. The minimum absolute atomic E-state index is 0.0274. The van der Waals surface area contributed by atoms with Crippen LogP contribution in [-0.2, 0) is 0 Å². The van der Waals surface area contributed by atoms with Crippen LogP contribution >= 0.6 is 0 Å². The summed E-state index contributed by atoms with van der Waals surface area (Å²) in [5.41, 5.74) is 2.08. The van der Waals surface area contributed by atoms with Crippen LogP contribution in [0.5, 0.6) is 0 Å². The van der Waals surface area contributed by atoms with Gasteiger partial charge in [-0.1, -0.05) is 26.0 Å². The van der Waals surface area contributed by atoms with Gasteiger partial charge in [0.15, 0.2) is 6.17 Å². The zero-order valence-electron chi connectivity index (χ0n) is 18.5. The molecule has 1 spiro atoms. The molecule has 6 heteroatoms. The monoisotopic (exact) mass is 442 g/mol. The molecule has 168 valence electrons. The molecule has 2 nitrogen and oxygen atoms in total. The molecule has 0 saturated heterocycles. The maximum atomic E-state index is 15.0.